The Morgan fingerprint density at radius 1 is 1.09 bits per heavy atom. The van der Waals surface area contributed by atoms with Crippen LogP contribution in [0.15, 0.2) is 36.4 Å². The molecule has 2 heterocycles. The van der Waals surface area contributed by atoms with Gasteiger partial charge >= 0.3 is 11.9 Å². The molecule has 1 unspecified atom stereocenters. The summed E-state index contributed by atoms with van der Waals surface area (Å²) in [6.45, 7) is 0.0790. The molecular weight excluding hydrogens is 456 g/mol. The van der Waals surface area contributed by atoms with Crippen LogP contribution in [-0.2, 0) is 16.8 Å². The molecule has 10 N–H and O–H groups in total. The van der Waals surface area contributed by atoms with E-state index in [4.69, 9.17) is 16.9 Å². The number of carboxylic acid groups (broad SMARTS) is 2. The molecule has 2 aromatic carbocycles. The number of carbonyl (C=O) groups is 4. The van der Waals surface area contributed by atoms with Crippen molar-refractivity contribution < 1.29 is 29.4 Å². The molecular formula is C23H22N6O6. The van der Waals surface area contributed by atoms with Gasteiger partial charge in [0.25, 0.3) is 11.8 Å². The maximum atomic E-state index is 12.7. The molecule has 12 heteroatoms. The number of aromatic carboxylic acids is 1. The summed E-state index contributed by atoms with van der Waals surface area (Å²) in [5.41, 5.74) is 10.7. The highest BCUT2D eigenvalue weighted by Gasteiger charge is 2.46. The third-order valence-corrected chi connectivity index (χ3v) is 5.97. The number of hydrogen-bond donors (Lipinski definition) is 8. The Labute approximate surface area is 197 Å². The number of rotatable bonds is 8. The van der Waals surface area contributed by atoms with Gasteiger partial charge in [0, 0.05) is 36.0 Å². The molecule has 3 aromatic rings. The van der Waals surface area contributed by atoms with Gasteiger partial charge in [0.15, 0.2) is 5.54 Å². The van der Waals surface area contributed by atoms with Crippen molar-refractivity contribution >= 4 is 46.2 Å². The van der Waals surface area contributed by atoms with Crippen LogP contribution in [0.3, 0.4) is 0 Å². The lowest BCUT2D eigenvalue weighted by molar-refractivity contribution is -0.142. The van der Waals surface area contributed by atoms with Crippen molar-refractivity contribution in [2.45, 2.75) is 18.4 Å². The smallest absolute Gasteiger partial charge is 0.335 e. The lowest BCUT2D eigenvalue weighted by Gasteiger charge is -2.26. The van der Waals surface area contributed by atoms with Crippen molar-refractivity contribution in [2.24, 2.45) is 11.5 Å². The summed E-state index contributed by atoms with van der Waals surface area (Å²) < 4.78 is 0. The molecule has 1 atom stereocenters. The highest BCUT2D eigenvalue weighted by Crippen LogP contribution is 2.41. The van der Waals surface area contributed by atoms with E-state index in [2.05, 4.69) is 15.6 Å². The van der Waals surface area contributed by atoms with Gasteiger partial charge in [0.05, 0.1) is 17.0 Å². The van der Waals surface area contributed by atoms with E-state index in [1.54, 1.807) is 12.1 Å². The summed E-state index contributed by atoms with van der Waals surface area (Å²) in [5.74, 6) is -3.96. The quantitative estimate of drug-likeness (QED) is 0.171. The summed E-state index contributed by atoms with van der Waals surface area (Å²) in [4.78, 5) is 51.6. The van der Waals surface area contributed by atoms with Gasteiger partial charge in [-0.05, 0) is 41.5 Å². The number of anilines is 1. The van der Waals surface area contributed by atoms with Crippen LogP contribution in [0.1, 0.15) is 48.8 Å². The number of benzene rings is 2. The summed E-state index contributed by atoms with van der Waals surface area (Å²) in [7, 11) is 0. The zero-order valence-corrected chi connectivity index (χ0v) is 18.3. The summed E-state index contributed by atoms with van der Waals surface area (Å²) in [6.07, 6.45) is 0.0813. The third-order valence-electron chi connectivity index (χ3n) is 5.97. The van der Waals surface area contributed by atoms with Crippen molar-refractivity contribution in [3.63, 3.8) is 0 Å². The predicted octanol–water partition coefficient (Wildman–Crippen LogP) is 0.969. The van der Waals surface area contributed by atoms with E-state index in [1.165, 1.54) is 24.3 Å². The number of aliphatic carboxylic acids is 1. The molecule has 12 nitrogen and oxygen atoms in total. The van der Waals surface area contributed by atoms with Crippen LogP contribution in [0, 0.1) is 5.41 Å². The average Bonchev–Trinajstić information content (AvgIpc) is 3.37. The fourth-order valence-corrected chi connectivity index (χ4v) is 4.26. The van der Waals surface area contributed by atoms with E-state index >= 15 is 0 Å². The molecule has 2 amide bonds. The molecule has 1 aromatic heterocycles. The topological polar surface area (TPSA) is 224 Å². The fourth-order valence-electron chi connectivity index (χ4n) is 4.26. The first-order chi connectivity index (χ1) is 16.5. The Balaban J connectivity index is 1.77. The Kier molecular flexibility index (Phi) is 5.65. The highest BCUT2D eigenvalue weighted by atomic mass is 16.4. The Morgan fingerprint density at radius 3 is 2.46 bits per heavy atom. The minimum atomic E-state index is -1.64. The van der Waals surface area contributed by atoms with Crippen molar-refractivity contribution in [3.8, 4) is 0 Å². The first kappa shape index (κ1) is 23.3. The molecule has 1 aliphatic heterocycles. The Morgan fingerprint density at radius 2 is 1.83 bits per heavy atom. The molecule has 35 heavy (non-hydrogen) atoms. The number of hydrogen-bond acceptors (Lipinski definition) is 6. The van der Waals surface area contributed by atoms with Gasteiger partial charge in [-0.2, -0.15) is 0 Å². The molecule has 0 fully saturated rings. The molecule has 0 saturated carbocycles. The first-order valence-corrected chi connectivity index (χ1v) is 10.5. The van der Waals surface area contributed by atoms with Crippen LogP contribution in [0.2, 0.25) is 0 Å². The maximum absolute atomic E-state index is 12.7. The molecule has 4 rings (SSSR count). The number of amides is 2. The van der Waals surface area contributed by atoms with Crippen molar-refractivity contribution in [3.05, 3.63) is 64.3 Å². The van der Waals surface area contributed by atoms with E-state index < -0.39 is 29.3 Å². The van der Waals surface area contributed by atoms with Crippen LogP contribution in [0.25, 0.3) is 10.9 Å². The maximum Gasteiger partial charge on any atom is 0.335 e. The van der Waals surface area contributed by atoms with Gasteiger partial charge in [-0.1, -0.05) is 6.07 Å². The molecule has 1 aliphatic rings. The van der Waals surface area contributed by atoms with Crippen LogP contribution < -0.4 is 22.1 Å². The minimum Gasteiger partial charge on any atom is -0.479 e. The molecule has 0 spiro atoms. The number of carbonyl (C=O) groups excluding carboxylic acids is 2. The second-order valence-electron chi connectivity index (χ2n) is 8.22. The molecule has 0 saturated heterocycles. The Bertz CT molecular complexity index is 1430. The van der Waals surface area contributed by atoms with Gasteiger partial charge in [0.2, 0.25) is 0 Å². The van der Waals surface area contributed by atoms with Gasteiger partial charge < -0.3 is 37.3 Å². The number of aromatic nitrogens is 1. The van der Waals surface area contributed by atoms with Gasteiger partial charge in [0.1, 0.15) is 5.69 Å². The summed E-state index contributed by atoms with van der Waals surface area (Å²) in [5, 5.41) is 32.5. The molecule has 0 aliphatic carbocycles. The average molecular weight is 478 g/mol. The standard InChI is InChI=1S/C23H22N6O6/c24-16(25)5-6-27-20(31)18-17(19(26)30)13-8-12(2-4-15(13)28-18)23(22(34)35)9-11-7-10(21(32)33)1-3-14(11)29-23/h1-4,7-8,28-29H,5-6,9H2,(H3,24,25)(H2,26,30)(H,27,31)(H,32,33)(H,34,35). The third kappa shape index (κ3) is 4.01. The van der Waals surface area contributed by atoms with Gasteiger partial charge in [-0.25, -0.2) is 9.59 Å². The Hall–Kier alpha value is -4.87. The SMILES string of the molecule is N=C(N)CCNC(=O)c1[nH]c2ccc(C3(C(=O)O)Cc4cc(C(=O)O)ccc4N3)cc2c1C(N)=O. The van der Waals surface area contributed by atoms with Crippen molar-refractivity contribution in [1.29, 1.82) is 5.41 Å². The molecule has 0 radical (unpaired) electrons. The minimum absolute atomic E-state index is 0.0317. The number of nitrogens with two attached hydrogens (primary N) is 2. The number of primary amides is 1. The number of carboxylic acids is 2. The van der Waals surface area contributed by atoms with Crippen molar-refractivity contribution in [1.82, 2.24) is 10.3 Å². The second-order valence-corrected chi connectivity index (χ2v) is 8.22. The van der Waals surface area contributed by atoms with Crippen LogP contribution in [-0.4, -0.2) is 51.3 Å². The number of H-pyrrole nitrogens is 1. The van der Waals surface area contributed by atoms with Crippen LogP contribution in [0.5, 0.6) is 0 Å². The van der Waals surface area contributed by atoms with Crippen LogP contribution >= 0.6 is 0 Å². The summed E-state index contributed by atoms with van der Waals surface area (Å²) >= 11 is 0. The molecule has 180 valence electrons. The van der Waals surface area contributed by atoms with E-state index in [0.717, 1.165) is 0 Å². The highest BCUT2D eigenvalue weighted by molar-refractivity contribution is 6.15. The number of nitrogens with one attached hydrogen (secondary N) is 4. The normalized spacial score (nSPS) is 16.3. The van der Waals surface area contributed by atoms with E-state index in [9.17, 15) is 29.4 Å². The predicted molar refractivity (Wildman–Crippen MR) is 126 cm³/mol. The van der Waals surface area contributed by atoms with E-state index in [0.29, 0.717) is 16.8 Å². The van der Waals surface area contributed by atoms with Crippen LogP contribution in [0.4, 0.5) is 5.69 Å². The monoisotopic (exact) mass is 478 g/mol. The summed E-state index contributed by atoms with van der Waals surface area (Å²) in [6, 6.07) is 8.87. The zero-order chi connectivity index (χ0) is 25.5. The first-order valence-electron chi connectivity index (χ1n) is 10.5. The number of aromatic amines is 1. The van der Waals surface area contributed by atoms with Gasteiger partial charge in [-0.3, -0.25) is 15.0 Å². The lowest BCUT2D eigenvalue weighted by Crippen LogP contribution is -2.41. The lowest BCUT2D eigenvalue weighted by atomic mass is 9.86. The largest absolute Gasteiger partial charge is 0.479 e. The number of amidine groups is 1. The van der Waals surface area contributed by atoms with E-state index in [1.807, 2.05) is 0 Å². The van der Waals surface area contributed by atoms with Crippen molar-refractivity contribution in [2.75, 3.05) is 11.9 Å². The van der Waals surface area contributed by atoms with Gasteiger partial charge in [-0.15, -0.1) is 0 Å². The number of fused-ring (bicyclic) bond motifs is 2. The second kappa shape index (κ2) is 8.48. The molecule has 0 bridgehead atoms. The van der Waals surface area contributed by atoms with E-state index in [-0.39, 0.29) is 53.0 Å². The fraction of sp³-hybridized carbons (Fsp3) is 0.174. The zero-order valence-electron chi connectivity index (χ0n) is 18.3.